The predicted molar refractivity (Wildman–Crippen MR) is 151 cm³/mol. The number of hydrogen-bond donors (Lipinski definition) is 4. The van der Waals surface area contributed by atoms with E-state index in [9.17, 15) is 9.67 Å². The van der Waals surface area contributed by atoms with Gasteiger partial charge in [0.05, 0.1) is 33.9 Å². The summed E-state index contributed by atoms with van der Waals surface area (Å²) in [5.41, 5.74) is 0. The van der Waals surface area contributed by atoms with Crippen molar-refractivity contribution < 1.29 is 33.2 Å². The Kier molecular flexibility index (Phi) is 28.1. The van der Waals surface area contributed by atoms with Crippen molar-refractivity contribution in [3.63, 3.8) is 0 Å². The average molecular weight is 542 g/mol. The molecule has 36 heavy (non-hydrogen) atoms. The number of quaternary nitrogens is 1. The lowest BCUT2D eigenvalue weighted by molar-refractivity contribution is -0.870. The van der Waals surface area contributed by atoms with Crippen LogP contribution in [-0.2, 0) is 13.8 Å². The summed E-state index contributed by atoms with van der Waals surface area (Å²) in [6.45, 7) is 5.02. The van der Waals surface area contributed by atoms with Gasteiger partial charge < -0.3 is 29.4 Å². The summed E-state index contributed by atoms with van der Waals surface area (Å²) < 4.78 is 20.0. The van der Waals surface area contributed by atoms with E-state index in [4.69, 9.17) is 14.5 Å². The molecule has 0 aliphatic rings. The number of rotatable bonds is 25. The molecule has 0 spiro atoms. The second kappa shape index (κ2) is 26.6. The van der Waals surface area contributed by atoms with Crippen LogP contribution in [0.1, 0.15) is 110 Å². The van der Waals surface area contributed by atoms with Crippen LogP contribution in [0.2, 0.25) is 0 Å². The van der Waals surface area contributed by atoms with Crippen LogP contribution < -0.4 is 5.32 Å². The number of ether oxygens (including phenoxy) is 1. The third-order valence-electron chi connectivity index (χ3n) is 5.97. The number of aliphatic hydroxyl groups excluding tert-OH is 1. The molecule has 0 heterocycles. The lowest BCUT2D eigenvalue weighted by Crippen LogP contribution is -2.37. The molecule has 9 heteroatoms. The Morgan fingerprint density at radius 1 is 0.778 bits per heavy atom. The van der Waals surface area contributed by atoms with Crippen molar-refractivity contribution in [2.75, 3.05) is 61.1 Å². The number of nitrogens with zero attached hydrogens (tertiary/aromatic N) is 1. The highest BCUT2D eigenvalue weighted by Gasteiger charge is 2.16. The number of aliphatic hydroxyl groups is 1. The van der Waals surface area contributed by atoms with E-state index in [1.54, 1.807) is 7.11 Å². The van der Waals surface area contributed by atoms with Gasteiger partial charge in [-0.05, 0) is 13.0 Å². The van der Waals surface area contributed by atoms with E-state index in [2.05, 4.69) is 16.8 Å². The molecule has 0 aliphatic heterocycles. The lowest BCUT2D eigenvalue weighted by Gasteiger charge is -2.23. The van der Waals surface area contributed by atoms with E-state index in [0.29, 0.717) is 24.2 Å². The van der Waals surface area contributed by atoms with Crippen LogP contribution in [-0.4, -0.2) is 86.6 Å². The van der Waals surface area contributed by atoms with E-state index >= 15 is 0 Å². The minimum Gasteiger partial charge on any atom is -0.389 e. The summed E-state index contributed by atoms with van der Waals surface area (Å²) in [7, 11) is 3.12. The van der Waals surface area contributed by atoms with Crippen molar-refractivity contribution in [1.29, 1.82) is 0 Å². The smallest absolute Gasteiger partial charge is 0.389 e. The van der Waals surface area contributed by atoms with Crippen molar-refractivity contribution in [3.05, 3.63) is 0 Å². The molecule has 0 bridgehead atoms. The first-order chi connectivity index (χ1) is 17.0. The first-order valence-electron chi connectivity index (χ1n) is 14.4. The molecule has 0 rings (SSSR count). The zero-order valence-corrected chi connectivity index (χ0v) is 25.3. The van der Waals surface area contributed by atoms with Gasteiger partial charge in [-0.1, -0.05) is 103 Å². The van der Waals surface area contributed by atoms with E-state index in [1.807, 2.05) is 21.1 Å². The minimum absolute atomic E-state index is 0.0772. The van der Waals surface area contributed by atoms with E-state index in [1.165, 1.54) is 103 Å². The summed E-state index contributed by atoms with van der Waals surface area (Å²) in [6.07, 6.45) is 22.2. The van der Waals surface area contributed by atoms with Crippen LogP contribution in [0.25, 0.3) is 0 Å². The van der Waals surface area contributed by atoms with Gasteiger partial charge in [0.15, 0.2) is 0 Å². The second-order valence-corrected chi connectivity index (χ2v) is 12.2. The Labute approximate surface area is 223 Å². The number of likely N-dealkylation sites (N-methyl/N-ethyl adjacent to an activating group) is 1. The summed E-state index contributed by atoms with van der Waals surface area (Å²) in [4.78, 5) is 16.6. The number of hydrogen-bond acceptors (Lipinski definition) is 5. The number of unbranched alkanes of at least 4 members (excludes halogenated alkanes) is 15. The first-order valence-corrected chi connectivity index (χ1v) is 15.9. The SMILES string of the molecule is CCCCCCCCCCCCCCCCCCNCC(O)COC.C[N+](C)(C)CCOP(=O)(O)O. The van der Waals surface area contributed by atoms with E-state index in [0.717, 1.165) is 6.54 Å². The summed E-state index contributed by atoms with van der Waals surface area (Å²) >= 11 is 0. The van der Waals surface area contributed by atoms with Gasteiger partial charge >= 0.3 is 7.82 Å². The van der Waals surface area contributed by atoms with Crippen molar-refractivity contribution in [3.8, 4) is 0 Å². The monoisotopic (exact) mass is 541 g/mol. The van der Waals surface area contributed by atoms with E-state index in [-0.39, 0.29) is 12.7 Å². The topological polar surface area (TPSA) is 108 Å². The van der Waals surface area contributed by atoms with Gasteiger partial charge in [-0.15, -0.1) is 0 Å². The third-order valence-corrected chi connectivity index (χ3v) is 6.49. The number of phosphoric ester groups is 1. The molecule has 0 saturated carbocycles. The van der Waals surface area contributed by atoms with Crippen LogP contribution in [0.3, 0.4) is 0 Å². The van der Waals surface area contributed by atoms with Crippen LogP contribution in [0, 0.1) is 0 Å². The maximum atomic E-state index is 10.2. The Balaban J connectivity index is 0. The van der Waals surface area contributed by atoms with Crippen LogP contribution in [0.5, 0.6) is 0 Å². The zero-order valence-electron chi connectivity index (χ0n) is 24.4. The van der Waals surface area contributed by atoms with Gasteiger partial charge in [0.2, 0.25) is 0 Å². The number of methoxy groups -OCH3 is 1. The van der Waals surface area contributed by atoms with Crippen LogP contribution >= 0.6 is 7.82 Å². The Bertz CT molecular complexity index is 485. The van der Waals surface area contributed by atoms with Gasteiger partial charge in [-0.3, -0.25) is 4.52 Å². The standard InChI is InChI=1S/C22H47NO2.C5H14NO4P/c1-3-4-5-6-7-8-9-10-11-12-13-14-15-16-17-18-19-23-20-22(24)21-25-2;1-6(2,3)4-5-10-11(7,8)9/h22-24H,3-21H2,1-2H3;4-5H2,1-3H3,(H-,7,8,9)/p+1. The molecule has 0 saturated heterocycles. The van der Waals surface area contributed by atoms with Gasteiger partial charge in [-0.25, -0.2) is 4.57 Å². The van der Waals surface area contributed by atoms with Crippen LogP contribution in [0.15, 0.2) is 0 Å². The molecular weight excluding hydrogens is 479 g/mol. The van der Waals surface area contributed by atoms with Crippen molar-refractivity contribution in [1.82, 2.24) is 5.32 Å². The van der Waals surface area contributed by atoms with Gasteiger partial charge in [0.1, 0.15) is 13.2 Å². The largest absolute Gasteiger partial charge is 0.469 e. The summed E-state index contributed by atoms with van der Waals surface area (Å²) in [6, 6.07) is 0. The number of nitrogens with one attached hydrogen (secondary N) is 1. The molecule has 0 fully saturated rings. The molecule has 0 amide bonds. The third kappa shape index (κ3) is 38.5. The molecule has 1 unspecified atom stereocenters. The van der Waals surface area contributed by atoms with Crippen LogP contribution in [0.4, 0.5) is 0 Å². The fraction of sp³-hybridized carbons (Fsp3) is 1.00. The summed E-state index contributed by atoms with van der Waals surface area (Å²) in [5.74, 6) is 0. The molecule has 4 N–H and O–H groups in total. The normalized spacial score (nSPS) is 12.9. The molecule has 0 aromatic heterocycles. The highest BCUT2D eigenvalue weighted by Crippen LogP contribution is 2.35. The zero-order chi connectivity index (χ0) is 27.5. The fourth-order valence-corrected chi connectivity index (χ4v) is 4.07. The highest BCUT2D eigenvalue weighted by atomic mass is 31.2. The predicted octanol–water partition coefficient (Wildman–Crippen LogP) is 5.65. The molecule has 1 atom stereocenters. The maximum Gasteiger partial charge on any atom is 0.469 e. The second-order valence-electron chi connectivity index (χ2n) is 11.0. The highest BCUT2D eigenvalue weighted by molar-refractivity contribution is 7.46. The maximum absolute atomic E-state index is 10.2. The quantitative estimate of drug-likeness (QED) is 0.0672. The molecule has 8 nitrogen and oxygen atoms in total. The molecule has 220 valence electrons. The minimum atomic E-state index is -4.26. The van der Waals surface area contributed by atoms with E-state index < -0.39 is 7.82 Å². The van der Waals surface area contributed by atoms with Gasteiger partial charge in [0, 0.05) is 13.7 Å². The average Bonchev–Trinajstić information content (AvgIpc) is 2.77. The summed E-state index contributed by atoms with van der Waals surface area (Å²) in [5, 5.41) is 12.8. The van der Waals surface area contributed by atoms with Gasteiger partial charge in [-0.2, -0.15) is 0 Å². The number of phosphoric acid groups is 1. The van der Waals surface area contributed by atoms with Crippen molar-refractivity contribution in [2.45, 2.75) is 116 Å². The lowest BCUT2D eigenvalue weighted by atomic mass is 10.0. The Morgan fingerprint density at radius 2 is 1.19 bits per heavy atom. The molecule has 0 aliphatic carbocycles. The molecule has 0 aromatic carbocycles. The molecule has 0 radical (unpaired) electrons. The Hall–Kier alpha value is -0.0500. The first kappa shape index (κ1) is 38.1. The fourth-order valence-electron chi connectivity index (χ4n) is 3.75. The molecule has 0 aromatic rings. The molecular formula is C27H62N2O6P+. The van der Waals surface area contributed by atoms with Crippen molar-refractivity contribution >= 4 is 7.82 Å². The van der Waals surface area contributed by atoms with Crippen molar-refractivity contribution in [2.24, 2.45) is 0 Å². The van der Waals surface area contributed by atoms with Gasteiger partial charge in [0.25, 0.3) is 0 Å². The Morgan fingerprint density at radius 3 is 1.56 bits per heavy atom.